The van der Waals surface area contributed by atoms with Crippen molar-refractivity contribution in [2.75, 3.05) is 26.2 Å². The summed E-state index contributed by atoms with van der Waals surface area (Å²) in [5.74, 6) is 0. The summed E-state index contributed by atoms with van der Waals surface area (Å²) in [5.41, 5.74) is 0. The van der Waals surface area contributed by atoms with Crippen LogP contribution in [-0.4, -0.2) is 32.5 Å². The predicted molar refractivity (Wildman–Crippen MR) is 40.9 cm³/mol. The van der Waals surface area contributed by atoms with Crippen molar-refractivity contribution in [2.45, 2.75) is 19.6 Å². The summed E-state index contributed by atoms with van der Waals surface area (Å²) in [6.07, 6.45) is 1.34. The molecule has 1 aliphatic heterocycles. The monoisotopic (exact) mass is 144 g/mol. The van der Waals surface area contributed by atoms with Gasteiger partial charge in [-0.15, -0.1) is 0 Å². The predicted octanol–water partition coefficient (Wildman–Crippen LogP) is -0.0681. The molecule has 0 aromatic carbocycles. The highest BCUT2D eigenvalue weighted by atomic mass is 16.5. The minimum Gasteiger partial charge on any atom is -0.362 e. The molecular weight excluding hydrogens is 128 g/mol. The molecule has 0 spiro atoms. The number of rotatable bonds is 3. The van der Waals surface area contributed by atoms with Gasteiger partial charge in [0, 0.05) is 26.2 Å². The van der Waals surface area contributed by atoms with Crippen LogP contribution >= 0.6 is 0 Å². The molecule has 0 aromatic heterocycles. The Morgan fingerprint density at radius 2 is 2.40 bits per heavy atom. The Hall–Kier alpha value is -0.120. The molecule has 0 saturated carbocycles. The Balaban J connectivity index is 2.02. The summed E-state index contributed by atoms with van der Waals surface area (Å²) in [7, 11) is 0. The van der Waals surface area contributed by atoms with Gasteiger partial charge in [-0.25, -0.2) is 0 Å². The van der Waals surface area contributed by atoms with Crippen molar-refractivity contribution in [1.29, 1.82) is 0 Å². The minimum absolute atomic E-state index is 0.244. The average molecular weight is 144 g/mol. The molecule has 0 radical (unpaired) electrons. The zero-order chi connectivity index (χ0) is 7.23. The highest BCUT2D eigenvalue weighted by Crippen LogP contribution is 1.90. The maximum absolute atomic E-state index is 5.46. The summed E-state index contributed by atoms with van der Waals surface area (Å²) in [5, 5.41) is 6.53. The van der Waals surface area contributed by atoms with Crippen molar-refractivity contribution in [3.63, 3.8) is 0 Å². The van der Waals surface area contributed by atoms with Gasteiger partial charge in [-0.05, 0) is 6.42 Å². The fourth-order valence-electron chi connectivity index (χ4n) is 1.00. The van der Waals surface area contributed by atoms with E-state index < -0.39 is 0 Å². The maximum Gasteiger partial charge on any atom is 0.120 e. The Kier molecular flexibility index (Phi) is 3.72. The Bertz CT molecular complexity index is 81.7. The van der Waals surface area contributed by atoms with Crippen LogP contribution in [0.15, 0.2) is 0 Å². The maximum atomic E-state index is 5.46. The molecule has 1 rings (SSSR count). The smallest absolute Gasteiger partial charge is 0.120 e. The molecule has 1 heterocycles. The third-order valence-corrected chi connectivity index (χ3v) is 1.53. The van der Waals surface area contributed by atoms with Gasteiger partial charge in [0.2, 0.25) is 0 Å². The van der Waals surface area contributed by atoms with E-state index in [4.69, 9.17) is 4.74 Å². The topological polar surface area (TPSA) is 33.3 Å². The Morgan fingerprint density at radius 3 is 3.00 bits per heavy atom. The van der Waals surface area contributed by atoms with Crippen LogP contribution in [0.25, 0.3) is 0 Å². The van der Waals surface area contributed by atoms with Crippen molar-refractivity contribution >= 4 is 0 Å². The zero-order valence-corrected chi connectivity index (χ0v) is 6.52. The standard InChI is InChI=1S/C7H16N2O/c1-2-5-10-7-6-8-3-4-9-7/h7-9H,2-6H2,1H3. The van der Waals surface area contributed by atoms with Crippen molar-refractivity contribution in [3.8, 4) is 0 Å². The number of hydrogen-bond donors (Lipinski definition) is 2. The van der Waals surface area contributed by atoms with Crippen molar-refractivity contribution < 1.29 is 4.74 Å². The van der Waals surface area contributed by atoms with E-state index in [2.05, 4.69) is 17.6 Å². The molecule has 0 aromatic rings. The van der Waals surface area contributed by atoms with Crippen molar-refractivity contribution in [3.05, 3.63) is 0 Å². The molecule has 3 nitrogen and oxygen atoms in total. The van der Waals surface area contributed by atoms with Crippen LogP contribution in [0, 0.1) is 0 Å². The number of piperazine rings is 1. The van der Waals surface area contributed by atoms with Crippen LogP contribution in [0.5, 0.6) is 0 Å². The molecule has 2 N–H and O–H groups in total. The molecule has 1 fully saturated rings. The van der Waals surface area contributed by atoms with Crippen LogP contribution in [0.4, 0.5) is 0 Å². The largest absolute Gasteiger partial charge is 0.362 e. The molecule has 0 aliphatic carbocycles. The van der Waals surface area contributed by atoms with Crippen LogP contribution in [0.2, 0.25) is 0 Å². The first kappa shape index (κ1) is 7.98. The van der Waals surface area contributed by atoms with Gasteiger partial charge >= 0.3 is 0 Å². The molecule has 0 bridgehead atoms. The van der Waals surface area contributed by atoms with Crippen LogP contribution < -0.4 is 10.6 Å². The normalized spacial score (nSPS) is 26.7. The van der Waals surface area contributed by atoms with Gasteiger partial charge in [0.15, 0.2) is 0 Å². The second-order valence-corrected chi connectivity index (χ2v) is 2.52. The SMILES string of the molecule is CCCOC1CNCCN1. The Morgan fingerprint density at radius 1 is 1.50 bits per heavy atom. The van der Waals surface area contributed by atoms with E-state index in [1.165, 1.54) is 0 Å². The van der Waals surface area contributed by atoms with Crippen molar-refractivity contribution in [2.24, 2.45) is 0 Å². The third-order valence-electron chi connectivity index (χ3n) is 1.53. The van der Waals surface area contributed by atoms with Crippen LogP contribution in [-0.2, 0) is 4.74 Å². The molecule has 1 unspecified atom stereocenters. The average Bonchev–Trinajstić information content (AvgIpc) is 2.03. The van der Waals surface area contributed by atoms with E-state index >= 15 is 0 Å². The first-order chi connectivity index (χ1) is 4.93. The van der Waals surface area contributed by atoms with Gasteiger partial charge in [-0.2, -0.15) is 0 Å². The summed E-state index contributed by atoms with van der Waals surface area (Å²) in [4.78, 5) is 0. The summed E-state index contributed by atoms with van der Waals surface area (Å²) >= 11 is 0. The summed E-state index contributed by atoms with van der Waals surface area (Å²) < 4.78 is 5.46. The first-order valence-electron chi connectivity index (χ1n) is 3.99. The van der Waals surface area contributed by atoms with Gasteiger partial charge in [-0.1, -0.05) is 6.92 Å². The second-order valence-electron chi connectivity index (χ2n) is 2.52. The third kappa shape index (κ3) is 2.64. The highest BCUT2D eigenvalue weighted by Gasteiger charge is 2.10. The molecule has 0 amide bonds. The summed E-state index contributed by atoms with van der Waals surface area (Å²) in [6, 6.07) is 0. The van der Waals surface area contributed by atoms with Gasteiger partial charge in [0.05, 0.1) is 0 Å². The molecule has 1 aliphatic rings. The lowest BCUT2D eigenvalue weighted by atomic mass is 10.4. The fraction of sp³-hybridized carbons (Fsp3) is 1.00. The molecule has 60 valence electrons. The fourth-order valence-corrected chi connectivity index (χ4v) is 1.00. The lowest BCUT2D eigenvalue weighted by Gasteiger charge is -2.24. The van der Waals surface area contributed by atoms with Gasteiger partial charge in [0.25, 0.3) is 0 Å². The molecule has 10 heavy (non-hydrogen) atoms. The molecule has 3 heteroatoms. The van der Waals surface area contributed by atoms with E-state index in [1.807, 2.05) is 0 Å². The lowest BCUT2D eigenvalue weighted by molar-refractivity contribution is 0.0216. The number of nitrogens with one attached hydrogen (secondary N) is 2. The Labute approximate surface area is 62.1 Å². The van der Waals surface area contributed by atoms with E-state index in [0.717, 1.165) is 32.7 Å². The quantitative estimate of drug-likeness (QED) is 0.582. The van der Waals surface area contributed by atoms with Gasteiger partial charge < -0.3 is 10.1 Å². The second kappa shape index (κ2) is 4.66. The minimum atomic E-state index is 0.244. The molecule has 1 saturated heterocycles. The van der Waals surface area contributed by atoms with E-state index in [1.54, 1.807) is 0 Å². The van der Waals surface area contributed by atoms with E-state index in [0.29, 0.717) is 0 Å². The summed E-state index contributed by atoms with van der Waals surface area (Å²) in [6.45, 7) is 6.01. The van der Waals surface area contributed by atoms with E-state index in [9.17, 15) is 0 Å². The van der Waals surface area contributed by atoms with Crippen molar-refractivity contribution in [1.82, 2.24) is 10.6 Å². The molecular formula is C7H16N2O. The molecule has 1 atom stereocenters. The van der Waals surface area contributed by atoms with E-state index in [-0.39, 0.29) is 6.23 Å². The number of ether oxygens (including phenoxy) is 1. The zero-order valence-electron chi connectivity index (χ0n) is 6.52. The van der Waals surface area contributed by atoms with Gasteiger partial charge in [0.1, 0.15) is 6.23 Å². The van der Waals surface area contributed by atoms with Crippen LogP contribution in [0.1, 0.15) is 13.3 Å². The van der Waals surface area contributed by atoms with Crippen LogP contribution in [0.3, 0.4) is 0 Å². The highest BCUT2D eigenvalue weighted by molar-refractivity contribution is 4.66. The lowest BCUT2D eigenvalue weighted by Crippen LogP contribution is -2.49. The number of hydrogen-bond acceptors (Lipinski definition) is 3. The van der Waals surface area contributed by atoms with Gasteiger partial charge in [-0.3, -0.25) is 5.32 Å². The first-order valence-corrected chi connectivity index (χ1v) is 3.99.